The zero-order valence-corrected chi connectivity index (χ0v) is 11.8. The molecule has 2 heterocycles. The van der Waals surface area contributed by atoms with Crippen LogP contribution >= 0.6 is 0 Å². The lowest BCUT2D eigenvalue weighted by Crippen LogP contribution is -2.31. The molecule has 0 fully saturated rings. The number of carbonyl (C=O) groups is 3. The van der Waals surface area contributed by atoms with E-state index in [9.17, 15) is 19.2 Å². The summed E-state index contributed by atoms with van der Waals surface area (Å²) in [6, 6.07) is 2.95. The number of ketones is 1. The molecule has 0 radical (unpaired) electrons. The second-order valence-electron chi connectivity index (χ2n) is 4.49. The van der Waals surface area contributed by atoms with Crippen molar-refractivity contribution in [1.82, 2.24) is 14.1 Å². The van der Waals surface area contributed by atoms with Gasteiger partial charge in [-0.3, -0.25) is 19.4 Å². The molecule has 2 rings (SSSR count). The molecule has 0 bridgehead atoms. The van der Waals surface area contributed by atoms with Crippen molar-refractivity contribution >= 4 is 17.6 Å². The molecule has 0 unspecified atom stereocenters. The minimum atomic E-state index is -0.829. The average Bonchev–Trinajstić information content (AvgIpc) is 2.70. The van der Waals surface area contributed by atoms with E-state index in [-0.39, 0.29) is 17.0 Å². The third-order valence-electron chi connectivity index (χ3n) is 3.07. The van der Waals surface area contributed by atoms with Crippen LogP contribution in [0.2, 0.25) is 0 Å². The van der Waals surface area contributed by atoms with Gasteiger partial charge in [-0.1, -0.05) is 0 Å². The lowest BCUT2D eigenvalue weighted by atomic mass is 10.1. The zero-order chi connectivity index (χ0) is 15.7. The van der Waals surface area contributed by atoms with Crippen molar-refractivity contribution in [3.8, 4) is 0 Å². The molecule has 2 aromatic rings. The maximum absolute atomic E-state index is 12.5. The van der Waals surface area contributed by atoms with Crippen molar-refractivity contribution < 1.29 is 14.4 Å². The van der Waals surface area contributed by atoms with Gasteiger partial charge in [-0.05, 0) is 19.1 Å². The number of pyridine rings is 1. The van der Waals surface area contributed by atoms with Gasteiger partial charge in [0.15, 0.2) is 0 Å². The molecular weight excluding hydrogens is 274 g/mol. The Kier molecular flexibility index (Phi) is 3.66. The van der Waals surface area contributed by atoms with Crippen LogP contribution in [0.1, 0.15) is 45.2 Å². The quantitative estimate of drug-likeness (QED) is 0.765. The molecule has 108 valence electrons. The minimum Gasteiger partial charge on any atom is -0.287 e. The molecule has 7 nitrogen and oxygen atoms in total. The first-order valence-electron chi connectivity index (χ1n) is 6.17. The second-order valence-corrected chi connectivity index (χ2v) is 4.49. The Morgan fingerprint density at radius 3 is 2.00 bits per heavy atom. The summed E-state index contributed by atoms with van der Waals surface area (Å²) in [5.74, 6) is -1.69. The molecule has 0 saturated carbocycles. The number of imidazole rings is 1. The van der Waals surface area contributed by atoms with Crippen LogP contribution in [0.4, 0.5) is 0 Å². The highest BCUT2D eigenvalue weighted by atomic mass is 16.2. The number of rotatable bonds is 2. The van der Waals surface area contributed by atoms with Gasteiger partial charge in [-0.25, -0.2) is 13.9 Å². The fraction of sp³-hybridized carbons (Fsp3) is 0.214. The van der Waals surface area contributed by atoms with Crippen LogP contribution in [0.3, 0.4) is 0 Å². The van der Waals surface area contributed by atoms with E-state index in [4.69, 9.17) is 0 Å². The summed E-state index contributed by atoms with van der Waals surface area (Å²) < 4.78 is 1.54. The van der Waals surface area contributed by atoms with Gasteiger partial charge in [0.2, 0.25) is 17.6 Å². The van der Waals surface area contributed by atoms with Crippen molar-refractivity contribution in [3.63, 3.8) is 0 Å². The van der Waals surface area contributed by atoms with E-state index in [0.717, 1.165) is 16.1 Å². The van der Waals surface area contributed by atoms with E-state index >= 15 is 0 Å². The van der Waals surface area contributed by atoms with E-state index in [1.54, 1.807) is 0 Å². The monoisotopic (exact) mass is 287 g/mol. The van der Waals surface area contributed by atoms with E-state index in [0.29, 0.717) is 0 Å². The van der Waals surface area contributed by atoms with Crippen molar-refractivity contribution in [2.45, 2.75) is 20.8 Å². The molecule has 0 N–H and O–H groups in total. The smallest absolute Gasteiger partial charge is 0.287 e. The molecular formula is C14H13N3O4. The van der Waals surface area contributed by atoms with Crippen molar-refractivity contribution in [1.29, 1.82) is 0 Å². The summed E-state index contributed by atoms with van der Waals surface area (Å²) >= 11 is 0. The Morgan fingerprint density at radius 2 is 1.52 bits per heavy atom. The molecule has 0 aliphatic rings. The van der Waals surface area contributed by atoms with Crippen LogP contribution < -0.4 is 5.69 Å². The van der Waals surface area contributed by atoms with E-state index in [1.165, 1.54) is 38.4 Å². The molecule has 0 aromatic carbocycles. The number of hydrogen-bond donors (Lipinski definition) is 0. The summed E-state index contributed by atoms with van der Waals surface area (Å²) in [6.07, 6.45) is 2.86. The maximum atomic E-state index is 12.5. The Bertz CT molecular complexity index is 800. The molecule has 0 aliphatic carbocycles. The normalized spacial score (nSPS) is 10.4. The predicted octanol–water partition coefficient (Wildman–Crippen LogP) is 0.904. The predicted molar refractivity (Wildman–Crippen MR) is 73.7 cm³/mol. The third-order valence-corrected chi connectivity index (χ3v) is 3.07. The molecule has 2 aromatic heterocycles. The number of carbonyl (C=O) groups excluding carboxylic acids is 3. The highest BCUT2D eigenvalue weighted by Gasteiger charge is 2.27. The van der Waals surface area contributed by atoms with Crippen LogP contribution in [0, 0.1) is 6.92 Å². The standard InChI is InChI=1S/C14H13N3O4/c1-8-12(13(20)11-4-6-15-7-5-11)17(10(3)19)14(21)16(8)9(2)18/h4-7H,1-3H3. The van der Waals surface area contributed by atoms with Gasteiger partial charge in [-0.2, -0.15) is 0 Å². The van der Waals surface area contributed by atoms with Gasteiger partial charge in [0, 0.05) is 31.8 Å². The van der Waals surface area contributed by atoms with Crippen LogP contribution in [-0.2, 0) is 0 Å². The first-order valence-corrected chi connectivity index (χ1v) is 6.17. The van der Waals surface area contributed by atoms with Gasteiger partial charge < -0.3 is 0 Å². The molecule has 7 heteroatoms. The molecule has 21 heavy (non-hydrogen) atoms. The van der Waals surface area contributed by atoms with Crippen molar-refractivity contribution in [3.05, 3.63) is 52.0 Å². The van der Waals surface area contributed by atoms with Crippen molar-refractivity contribution in [2.75, 3.05) is 0 Å². The fourth-order valence-corrected chi connectivity index (χ4v) is 2.18. The van der Waals surface area contributed by atoms with Gasteiger partial charge in [0.05, 0.1) is 5.69 Å². The van der Waals surface area contributed by atoms with Gasteiger partial charge >= 0.3 is 5.69 Å². The zero-order valence-electron chi connectivity index (χ0n) is 11.8. The Balaban J connectivity index is 2.78. The number of hydrogen-bond acceptors (Lipinski definition) is 5. The van der Waals surface area contributed by atoms with Crippen LogP contribution in [0.5, 0.6) is 0 Å². The fourth-order valence-electron chi connectivity index (χ4n) is 2.18. The molecule has 0 amide bonds. The maximum Gasteiger partial charge on any atom is 0.342 e. The highest BCUT2D eigenvalue weighted by molar-refractivity contribution is 6.10. The summed E-state index contributed by atoms with van der Waals surface area (Å²) in [7, 11) is 0. The van der Waals surface area contributed by atoms with Gasteiger partial charge in [-0.15, -0.1) is 0 Å². The minimum absolute atomic E-state index is 0.103. The van der Waals surface area contributed by atoms with E-state index in [1.807, 2.05) is 0 Å². The second kappa shape index (κ2) is 5.28. The molecule has 0 atom stereocenters. The molecule has 0 saturated heterocycles. The van der Waals surface area contributed by atoms with E-state index < -0.39 is 23.3 Å². The summed E-state index contributed by atoms with van der Waals surface area (Å²) in [6.45, 7) is 3.81. The lowest BCUT2D eigenvalue weighted by molar-refractivity contribution is 0.0905. The Hall–Kier alpha value is -2.83. The number of aromatic nitrogens is 3. The van der Waals surface area contributed by atoms with Gasteiger partial charge in [0.25, 0.3) is 0 Å². The lowest BCUT2D eigenvalue weighted by Gasteiger charge is -2.04. The van der Waals surface area contributed by atoms with Crippen molar-refractivity contribution in [2.24, 2.45) is 0 Å². The topological polar surface area (TPSA) is 91.0 Å². The Labute approximate surface area is 119 Å². The first-order chi connectivity index (χ1) is 9.86. The van der Waals surface area contributed by atoms with Crippen LogP contribution in [0.25, 0.3) is 0 Å². The number of nitrogens with zero attached hydrogens (tertiary/aromatic N) is 3. The van der Waals surface area contributed by atoms with E-state index in [2.05, 4.69) is 4.98 Å². The largest absolute Gasteiger partial charge is 0.342 e. The van der Waals surface area contributed by atoms with Gasteiger partial charge in [0.1, 0.15) is 5.69 Å². The molecule has 0 aliphatic heterocycles. The summed E-state index contributed by atoms with van der Waals surface area (Å²) in [5.41, 5.74) is -0.507. The van der Waals surface area contributed by atoms with Crippen LogP contribution in [-0.4, -0.2) is 31.7 Å². The van der Waals surface area contributed by atoms with Crippen LogP contribution in [0.15, 0.2) is 29.3 Å². The molecule has 0 spiro atoms. The summed E-state index contributed by atoms with van der Waals surface area (Å²) in [5, 5.41) is 0. The first kappa shape index (κ1) is 14.6. The summed E-state index contributed by atoms with van der Waals surface area (Å²) in [4.78, 5) is 51.7. The average molecular weight is 287 g/mol. The highest BCUT2D eigenvalue weighted by Crippen LogP contribution is 2.13. The third kappa shape index (κ3) is 2.33. The Morgan fingerprint density at radius 1 is 1.00 bits per heavy atom. The SMILES string of the molecule is CC(=O)n1c(C)c(C(=O)c2ccncc2)n(C(C)=O)c1=O.